The molecule has 4 nitrogen and oxygen atoms in total. The highest BCUT2D eigenvalue weighted by molar-refractivity contribution is 7.71. The Morgan fingerprint density at radius 1 is 1.43 bits per heavy atom. The maximum atomic E-state index is 5.25. The second kappa shape index (κ2) is 4.36. The van der Waals surface area contributed by atoms with Gasteiger partial charge in [0.25, 0.3) is 0 Å². The van der Waals surface area contributed by atoms with E-state index in [9.17, 15) is 0 Å². The molecule has 6 heteroatoms. The summed E-state index contributed by atoms with van der Waals surface area (Å²) in [5.74, 6) is 0.745. The summed E-state index contributed by atoms with van der Waals surface area (Å²) >= 11 is 7.09. The van der Waals surface area contributed by atoms with Crippen molar-refractivity contribution in [3.8, 4) is 0 Å². The fourth-order valence-corrected chi connectivity index (χ4v) is 4.77. The Morgan fingerprint density at radius 3 is 3.00 bits per heavy atom. The zero-order valence-corrected chi connectivity index (χ0v) is 14.1. The first-order valence-corrected chi connectivity index (χ1v) is 8.53. The van der Waals surface area contributed by atoms with Crippen molar-refractivity contribution in [2.45, 2.75) is 40.0 Å². The van der Waals surface area contributed by atoms with Crippen molar-refractivity contribution >= 4 is 39.4 Å². The average molecular weight is 318 g/mol. The number of nitrogens with one attached hydrogen (secondary N) is 1. The van der Waals surface area contributed by atoms with Gasteiger partial charge in [0.05, 0.1) is 5.39 Å². The zero-order valence-electron chi connectivity index (χ0n) is 12.4. The van der Waals surface area contributed by atoms with Gasteiger partial charge < -0.3 is 0 Å². The third-order valence-corrected chi connectivity index (χ3v) is 6.14. The maximum Gasteiger partial charge on any atom is 0.200 e. The van der Waals surface area contributed by atoms with E-state index in [1.54, 1.807) is 6.33 Å². The lowest BCUT2D eigenvalue weighted by molar-refractivity contribution is 0.218. The molecule has 1 atom stereocenters. The van der Waals surface area contributed by atoms with Gasteiger partial charge in [-0.25, -0.2) is 4.98 Å². The van der Waals surface area contributed by atoms with Gasteiger partial charge in [0, 0.05) is 4.88 Å². The fourth-order valence-electron chi connectivity index (χ4n) is 3.33. The summed E-state index contributed by atoms with van der Waals surface area (Å²) < 4.78 is 2.49. The van der Waals surface area contributed by atoms with Crippen LogP contribution in [0.3, 0.4) is 0 Å². The SMILES string of the molecule is CC(C)(C)[C@H]1CCc2c(sc3ncn4c(=S)[nH]nc4c23)C1. The van der Waals surface area contributed by atoms with Gasteiger partial charge in [-0.1, -0.05) is 20.8 Å². The molecule has 21 heavy (non-hydrogen) atoms. The molecule has 0 radical (unpaired) electrons. The molecular weight excluding hydrogens is 300 g/mol. The van der Waals surface area contributed by atoms with E-state index in [0.29, 0.717) is 10.2 Å². The maximum absolute atomic E-state index is 5.25. The smallest absolute Gasteiger partial charge is 0.200 e. The minimum Gasteiger partial charge on any atom is -0.258 e. The largest absolute Gasteiger partial charge is 0.258 e. The molecule has 0 fully saturated rings. The van der Waals surface area contributed by atoms with E-state index in [4.69, 9.17) is 12.2 Å². The summed E-state index contributed by atoms with van der Waals surface area (Å²) in [5.41, 5.74) is 2.74. The number of aromatic amines is 1. The summed E-state index contributed by atoms with van der Waals surface area (Å²) in [6.45, 7) is 7.04. The number of aromatic nitrogens is 4. The Hall–Kier alpha value is -1.27. The molecule has 0 amide bonds. The van der Waals surface area contributed by atoms with Crippen molar-refractivity contribution < 1.29 is 0 Å². The number of H-pyrrole nitrogens is 1. The van der Waals surface area contributed by atoms with Gasteiger partial charge in [0.2, 0.25) is 4.77 Å². The molecule has 0 saturated carbocycles. The molecule has 0 unspecified atom stereocenters. The lowest BCUT2D eigenvalue weighted by atomic mass is 9.72. The van der Waals surface area contributed by atoms with Crippen molar-refractivity contribution in [1.82, 2.24) is 19.6 Å². The molecule has 0 bridgehead atoms. The monoisotopic (exact) mass is 318 g/mol. The van der Waals surface area contributed by atoms with E-state index < -0.39 is 0 Å². The van der Waals surface area contributed by atoms with Crippen molar-refractivity contribution in [2.75, 3.05) is 0 Å². The van der Waals surface area contributed by atoms with E-state index >= 15 is 0 Å². The molecule has 1 aliphatic rings. The van der Waals surface area contributed by atoms with Crippen LogP contribution in [0, 0.1) is 16.1 Å². The lowest BCUT2D eigenvalue weighted by Crippen LogP contribution is -2.26. The van der Waals surface area contributed by atoms with Gasteiger partial charge >= 0.3 is 0 Å². The van der Waals surface area contributed by atoms with Crippen LogP contribution < -0.4 is 0 Å². The van der Waals surface area contributed by atoms with Crippen LogP contribution in [0.2, 0.25) is 0 Å². The third-order valence-electron chi connectivity index (χ3n) is 4.69. The highest BCUT2D eigenvalue weighted by atomic mass is 32.1. The molecule has 110 valence electrons. The zero-order chi connectivity index (χ0) is 14.8. The molecule has 0 aliphatic heterocycles. The summed E-state index contributed by atoms with van der Waals surface area (Å²) in [4.78, 5) is 7.17. The van der Waals surface area contributed by atoms with Crippen molar-refractivity contribution in [2.24, 2.45) is 11.3 Å². The lowest BCUT2D eigenvalue weighted by Gasteiger charge is -2.33. The molecule has 3 aromatic heterocycles. The van der Waals surface area contributed by atoms with Gasteiger partial charge in [-0.15, -0.1) is 11.3 Å². The molecule has 0 spiro atoms. The van der Waals surface area contributed by atoms with Gasteiger partial charge in [0.1, 0.15) is 11.2 Å². The van der Waals surface area contributed by atoms with Gasteiger partial charge in [-0.2, -0.15) is 5.10 Å². The van der Waals surface area contributed by atoms with Crippen molar-refractivity contribution in [3.05, 3.63) is 21.5 Å². The molecule has 0 saturated heterocycles. The highest BCUT2D eigenvalue weighted by Crippen LogP contribution is 2.43. The average Bonchev–Trinajstić information content (AvgIpc) is 2.97. The second-order valence-electron chi connectivity index (χ2n) is 6.96. The van der Waals surface area contributed by atoms with Crippen LogP contribution in [-0.4, -0.2) is 19.6 Å². The Bertz CT molecular complexity index is 894. The fraction of sp³-hybridized carbons (Fsp3) is 0.533. The third kappa shape index (κ3) is 1.96. The predicted octanol–water partition coefficient (Wildman–Crippen LogP) is 4.15. The minimum atomic E-state index is 0.367. The van der Waals surface area contributed by atoms with E-state index in [1.165, 1.54) is 22.2 Å². The topological polar surface area (TPSA) is 46.0 Å². The van der Waals surface area contributed by atoms with E-state index in [2.05, 4.69) is 36.0 Å². The van der Waals surface area contributed by atoms with Crippen LogP contribution >= 0.6 is 23.6 Å². The van der Waals surface area contributed by atoms with Crippen LogP contribution in [0.5, 0.6) is 0 Å². The first-order chi connectivity index (χ1) is 9.95. The number of hydrogen-bond donors (Lipinski definition) is 1. The highest BCUT2D eigenvalue weighted by Gasteiger charge is 2.31. The number of aryl methyl sites for hydroxylation is 1. The van der Waals surface area contributed by atoms with Crippen LogP contribution in [0.15, 0.2) is 6.33 Å². The first kappa shape index (κ1) is 13.4. The number of thiophene rings is 1. The van der Waals surface area contributed by atoms with Crippen molar-refractivity contribution in [3.63, 3.8) is 0 Å². The number of fused-ring (bicyclic) bond motifs is 5. The van der Waals surface area contributed by atoms with E-state index in [0.717, 1.165) is 29.2 Å². The van der Waals surface area contributed by atoms with Crippen LogP contribution in [0.4, 0.5) is 0 Å². The summed E-state index contributed by atoms with van der Waals surface area (Å²) in [6, 6.07) is 0. The Labute approximate surface area is 132 Å². The van der Waals surface area contributed by atoms with E-state index in [-0.39, 0.29) is 0 Å². The van der Waals surface area contributed by atoms with E-state index in [1.807, 2.05) is 15.7 Å². The van der Waals surface area contributed by atoms with Crippen LogP contribution in [-0.2, 0) is 12.8 Å². The summed E-state index contributed by atoms with van der Waals surface area (Å²) in [7, 11) is 0. The quantitative estimate of drug-likeness (QED) is 0.633. The number of nitrogens with zero attached hydrogens (tertiary/aromatic N) is 3. The first-order valence-electron chi connectivity index (χ1n) is 7.31. The Balaban J connectivity index is 1.94. The molecular formula is C15H18N4S2. The van der Waals surface area contributed by atoms with Gasteiger partial charge in [0.15, 0.2) is 5.65 Å². The molecule has 1 aliphatic carbocycles. The molecule has 3 heterocycles. The van der Waals surface area contributed by atoms with Crippen LogP contribution in [0.1, 0.15) is 37.6 Å². The Morgan fingerprint density at radius 2 is 2.24 bits per heavy atom. The molecule has 0 aromatic carbocycles. The Kier molecular flexibility index (Phi) is 2.78. The van der Waals surface area contributed by atoms with Gasteiger partial charge in [-0.3, -0.25) is 9.50 Å². The molecule has 1 N–H and O–H groups in total. The normalized spacial score (nSPS) is 19.3. The summed E-state index contributed by atoms with van der Waals surface area (Å²) in [5, 5.41) is 8.49. The minimum absolute atomic E-state index is 0.367. The molecule has 4 rings (SSSR count). The number of hydrogen-bond acceptors (Lipinski definition) is 4. The predicted molar refractivity (Wildman–Crippen MR) is 88.5 cm³/mol. The second-order valence-corrected chi connectivity index (χ2v) is 8.43. The van der Waals surface area contributed by atoms with Crippen LogP contribution in [0.25, 0.3) is 15.9 Å². The standard InChI is InChI=1S/C15H18N4S2/c1-15(2,3)8-4-5-9-10(6-8)21-13-11(9)12-17-18-14(20)19(12)7-16-13/h7-8H,4-6H2,1-3H3,(H,18,20)/t8-/m0/s1. The molecule has 3 aromatic rings. The van der Waals surface area contributed by atoms with Gasteiger partial charge in [-0.05, 0) is 48.4 Å². The summed E-state index contributed by atoms with van der Waals surface area (Å²) in [6.07, 6.45) is 5.32. The number of rotatable bonds is 0. The van der Waals surface area contributed by atoms with Crippen molar-refractivity contribution in [1.29, 1.82) is 0 Å².